The third kappa shape index (κ3) is 4.64. The summed E-state index contributed by atoms with van der Waals surface area (Å²) in [6.07, 6.45) is 1.39. The fraction of sp³-hybridized carbons (Fsp3) is 0.286. The van der Waals surface area contributed by atoms with Gasteiger partial charge in [-0.1, -0.05) is 12.1 Å². The predicted molar refractivity (Wildman–Crippen MR) is 76.5 cm³/mol. The summed E-state index contributed by atoms with van der Waals surface area (Å²) in [5.41, 5.74) is 6.37. The van der Waals surface area contributed by atoms with Crippen LogP contribution < -0.4 is 15.8 Å². The van der Waals surface area contributed by atoms with E-state index in [0.29, 0.717) is 6.54 Å². The van der Waals surface area contributed by atoms with Gasteiger partial charge in [-0.15, -0.1) is 0 Å². The highest BCUT2D eigenvalue weighted by molar-refractivity contribution is 6.16. The van der Waals surface area contributed by atoms with Crippen LogP contribution in [0.2, 0.25) is 0 Å². The molecule has 0 saturated heterocycles. The van der Waals surface area contributed by atoms with Crippen LogP contribution in [-0.4, -0.2) is 25.5 Å². The zero-order chi connectivity index (χ0) is 15.0. The number of carbonyl (C=O) groups is 1. The number of hydrogen-bond acceptors (Lipinski definition) is 5. The van der Waals surface area contributed by atoms with Gasteiger partial charge in [-0.2, -0.15) is 0 Å². The summed E-state index contributed by atoms with van der Waals surface area (Å²) in [5.74, 6) is -0.159. The molecule has 6 nitrogen and oxygen atoms in total. The van der Waals surface area contributed by atoms with Crippen molar-refractivity contribution in [1.82, 2.24) is 5.32 Å². The Kier molecular flexibility index (Phi) is 6.09. The van der Waals surface area contributed by atoms with Crippen molar-refractivity contribution in [2.75, 3.05) is 13.7 Å². The van der Waals surface area contributed by atoms with E-state index in [-0.39, 0.29) is 18.0 Å². The molecule has 0 bridgehead atoms. The molecule has 0 unspecified atom stereocenters. The van der Waals surface area contributed by atoms with E-state index < -0.39 is 5.97 Å². The average Bonchev–Trinajstić information content (AvgIpc) is 2.44. The van der Waals surface area contributed by atoms with Gasteiger partial charge in [-0.3, -0.25) is 5.41 Å². The summed E-state index contributed by atoms with van der Waals surface area (Å²) in [7, 11) is 1.61. The summed E-state index contributed by atoms with van der Waals surface area (Å²) in [4.78, 5) is 11.5. The summed E-state index contributed by atoms with van der Waals surface area (Å²) in [6.45, 7) is 2.43. The molecular formula is C14H19N3O3. The van der Waals surface area contributed by atoms with Gasteiger partial charge in [0, 0.05) is 12.7 Å². The van der Waals surface area contributed by atoms with E-state index in [2.05, 4.69) is 5.32 Å². The molecule has 20 heavy (non-hydrogen) atoms. The van der Waals surface area contributed by atoms with Crippen molar-refractivity contribution in [3.63, 3.8) is 0 Å². The second-order valence-corrected chi connectivity index (χ2v) is 3.92. The fourth-order valence-electron chi connectivity index (χ4n) is 1.47. The molecule has 108 valence electrons. The number of rotatable bonds is 7. The monoisotopic (exact) mass is 277 g/mol. The largest absolute Gasteiger partial charge is 0.497 e. The Balaban J connectivity index is 2.63. The Morgan fingerprint density at radius 3 is 2.55 bits per heavy atom. The van der Waals surface area contributed by atoms with E-state index in [1.807, 2.05) is 24.3 Å². The van der Waals surface area contributed by atoms with Gasteiger partial charge in [-0.05, 0) is 24.6 Å². The maximum atomic E-state index is 11.5. The Morgan fingerprint density at radius 1 is 1.40 bits per heavy atom. The molecule has 0 heterocycles. The molecule has 0 spiro atoms. The van der Waals surface area contributed by atoms with Gasteiger partial charge in [-0.25, -0.2) is 4.79 Å². The lowest BCUT2D eigenvalue weighted by atomic mass is 10.2. The van der Waals surface area contributed by atoms with Crippen molar-refractivity contribution in [3.8, 4) is 5.75 Å². The second kappa shape index (κ2) is 7.83. The van der Waals surface area contributed by atoms with E-state index in [4.69, 9.17) is 20.6 Å². The van der Waals surface area contributed by atoms with Crippen LogP contribution >= 0.6 is 0 Å². The summed E-state index contributed by atoms with van der Waals surface area (Å²) in [5, 5.41) is 10.3. The van der Waals surface area contributed by atoms with Crippen molar-refractivity contribution < 1.29 is 14.3 Å². The highest BCUT2D eigenvalue weighted by atomic mass is 16.5. The summed E-state index contributed by atoms with van der Waals surface area (Å²) in [6, 6.07) is 7.49. The van der Waals surface area contributed by atoms with Crippen LogP contribution in [0.25, 0.3) is 0 Å². The van der Waals surface area contributed by atoms with Crippen molar-refractivity contribution in [3.05, 3.63) is 41.6 Å². The van der Waals surface area contributed by atoms with E-state index in [0.717, 1.165) is 11.3 Å². The van der Waals surface area contributed by atoms with Crippen LogP contribution in [0.4, 0.5) is 0 Å². The molecule has 0 saturated carbocycles. The van der Waals surface area contributed by atoms with Crippen LogP contribution in [0.1, 0.15) is 12.5 Å². The van der Waals surface area contributed by atoms with Crippen LogP contribution in [0, 0.1) is 5.41 Å². The standard InChI is InChI=1S/C14H19N3O3/c1-3-20-14(18)12(13(15)16)9-17-8-10-4-6-11(19-2)7-5-10/h4-7,9,17H,3,8H2,1-2H3,(H3,15,16)/b12-9+. The first-order valence-electron chi connectivity index (χ1n) is 6.16. The predicted octanol–water partition coefficient (Wildman–Crippen LogP) is 1.17. The minimum absolute atomic E-state index is 0.0142. The SMILES string of the molecule is CCOC(=O)/C(=C/NCc1ccc(OC)cc1)C(=N)N. The highest BCUT2D eigenvalue weighted by Gasteiger charge is 2.13. The molecular weight excluding hydrogens is 258 g/mol. The Hall–Kier alpha value is -2.50. The molecule has 1 aromatic carbocycles. The summed E-state index contributed by atoms with van der Waals surface area (Å²) >= 11 is 0. The van der Waals surface area contributed by atoms with Crippen molar-refractivity contribution in [2.45, 2.75) is 13.5 Å². The van der Waals surface area contributed by atoms with E-state index in [1.165, 1.54) is 6.20 Å². The molecule has 0 fully saturated rings. The number of carbonyl (C=O) groups excluding carboxylic acids is 1. The molecule has 1 aromatic rings. The highest BCUT2D eigenvalue weighted by Crippen LogP contribution is 2.11. The van der Waals surface area contributed by atoms with Crippen molar-refractivity contribution >= 4 is 11.8 Å². The maximum absolute atomic E-state index is 11.5. The smallest absolute Gasteiger partial charge is 0.343 e. The third-order valence-electron chi connectivity index (χ3n) is 2.50. The topological polar surface area (TPSA) is 97.4 Å². The van der Waals surface area contributed by atoms with Gasteiger partial charge >= 0.3 is 5.97 Å². The molecule has 0 atom stereocenters. The van der Waals surface area contributed by atoms with Crippen LogP contribution in [0.15, 0.2) is 36.0 Å². The van der Waals surface area contributed by atoms with Crippen LogP contribution in [-0.2, 0) is 16.1 Å². The van der Waals surface area contributed by atoms with Crippen LogP contribution in [0.5, 0.6) is 5.75 Å². The lowest BCUT2D eigenvalue weighted by Crippen LogP contribution is -2.24. The molecule has 0 aromatic heterocycles. The number of nitrogens with two attached hydrogens (primary N) is 1. The van der Waals surface area contributed by atoms with Gasteiger partial charge in [0.15, 0.2) is 0 Å². The number of amidine groups is 1. The lowest BCUT2D eigenvalue weighted by Gasteiger charge is -2.07. The van der Waals surface area contributed by atoms with Crippen molar-refractivity contribution in [2.24, 2.45) is 5.73 Å². The zero-order valence-corrected chi connectivity index (χ0v) is 11.6. The number of hydrogen-bond donors (Lipinski definition) is 3. The van der Waals surface area contributed by atoms with Gasteiger partial charge in [0.2, 0.25) is 0 Å². The average molecular weight is 277 g/mol. The lowest BCUT2D eigenvalue weighted by molar-refractivity contribution is -0.137. The first kappa shape index (κ1) is 15.6. The van der Waals surface area contributed by atoms with E-state index in [9.17, 15) is 4.79 Å². The summed E-state index contributed by atoms with van der Waals surface area (Å²) < 4.78 is 9.88. The number of benzene rings is 1. The molecule has 0 amide bonds. The third-order valence-corrected chi connectivity index (χ3v) is 2.50. The quantitative estimate of drug-likeness (QED) is 0.301. The van der Waals surface area contributed by atoms with E-state index in [1.54, 1.807) is 14.0 Å². The first-order chi connectivity index (χ1) is 9.58. The molecule has 0 aliphatic heterocycles. The van der Waals surface area contributed by atoms with Gasteiger partial charge in [0.25, 0.3) is 0 Å². The van der Waals surface area contributed by atoms with Gasteiger partial charge in [0.05, 0.1) is 13.7 Å². The maximum Gasteiger partial charge on any atom is 0.343 e. The molecule has 0 aliphatic rings. The first-order valence-corrected chi connectivity index (χ1v) is 6.16. The Bertz CT molecular complexity index is 495. The van der Waals surface area contributed by atoms with Gasteiger partial charge in [0.1, 0.15) is 17.2 Å². The van der Waals surface area contributed by atoms with Crippen LogP contribution in [0.3, 0.4) is 0 Å². The Labute approximate surface area is 118 Å². The zero-order valence-electron chi connectivity index (χ0n) is 11.6. The van der Waals surface area contributed by atoms with Crippen molar-refractivity contribution in [1.29, 1.82) is 5.41 Å². The normalized spacial score (nSPS) is 10.8. The second-order valence-electron chi connectivity index (χ2n) is 3.92. The molecule has 6 heteroatoms. The fourth-order valence-corrected chi connectivity index (χ4v) is 1.47. The minimum atomic E-state index is -0.609. The molecule has 0 radical (unpaired) electrons. The van der Waals surface area contributed by atoms with Gasteiger partial charge < -0.3 is 20.5 Å². The van der Waals surface area contributed by atoms with E-state index >= 15 is 0 Å². The molecule has 4 N–H and O–H groups in total. The number of ether oxygens (including phenoxy) is 2. The number of esters is 1. The molecule has 0 aliphatic carbocycles. The number of methoxy groups -OCH3 is 1. The number of nitrogens with one attached hydrogen (secondary N) is 2. The minimum Gasteiger partial charge on any atom is -0.497 e. The Morgan fingerprint density at radius 2 is 2.05 bits per heavy atom. The molecule has 1 rings (SSSR count).